The van der Waals surface area contributed by atoms with Crippen LogP contribution in [-0.4, -0.2) is 36.6 Å². The fourth-order valence-corrected chi connectivity index (χ4v) is 3.68. The Balaban J connectivity index is 2.22. The maximum Gasteiger partial charge on any atom is 0.112 e. The van der Waals surface area contributed by atoms with E-state index in [2.05, 4.69) is 37.1 Å². The topological polar surface area (TPSA) is 39.1 Å². The Bertz CT molecular complexity index is 299. The largest absolute Gasteiger partial charge is 0.314 e. The van der Waals surface area contributed by atoms with Gasteiger partial charge in [-0.2, -0.15) is 5.26 Å². The summed E-state index contributed by atoms with van der Waals surface area (Å²) < 4.78 is 0. The first-order valence-electron chi connectivity index (χ1n) is 6.37. The molecule has 1 N–H and O–H groups in total. The Labute approximate surface area is 98.8 Å². The lowest BCUT2D eigenvalue weighted by atomic mass is 9.85. The molecule has 3 nitrogen and oxygen atoms in total. The van der Waals surface area contributed by atoms with Crippen molar-refractivity contribution in [2.45, 2.75) is 39.2 Å². The molecule has 1 aliphatic heterocycles. The smallest absolute Gasteiger partial charge is 0.112 e. The van der Waals surface area contributed by atoms with E-state index in [1.165, 1.54) is 6.42 Å². The van der Waals surface area contributed by atoms with Gasteiger partial charge in [-0.3, -0.25) is 4.90 Å². The third-order valence-electron chi connectivity index (χ3n) is 4.30. The first-order chi connectivity index (χ1) is 7.50. The number of nitriles is 1. The third kappa shape index (κ3) is 1.85. The van der Waals surface area contributed by atoms with Crippen LogP contribution in [0.15, 0.2) is 0 Å². The lowest BCUT2D eigenvalue weighted by molar-refractivity contribution is 0.0870. The zero-order valence-corrected chi connectivity index (χ0v) is 10.7. The first-order valence-corrected chi connectivity index (χ1v) is 6.37. The summed E-state index contributed by atoms with van der Waals surface area (Å²) in [5.74, 6) is 0.491. The van der Waals surface area contributed by atoms with E-state index in [9.17, 15) is 5.26 Å². The second kappa shape index (κ2) is 4.01. The molecule has 0 aromatic carbocycles. The Kier molecular flexibility index (Phi) is 2.98. The maximum atomic E-state index is 9.66. The van der Waals surface area contributed by atoms with Crippen LogP contribution in [0.5, 0.6) is 0 Å². The summed E-state index contributed by atoms with van der Waals surface area (Å²) in [4.78, 5) is 2.42. The van der Waals surface area contributed by atoms with Gasteiger partial charge in [-0.25, -0.2) is 0 Å². The fourth-order valence-electron chi connectivity index (χ4n) is 3.68. The zero-order chi connectivity index (χ0) is 11.8. The monoisotopic (exact) mass is 221 g/mol. The highest BCUT2D eigenvalue weighted by molar-refractivity contribution is 5.18. The van der Waals surface area contributed by atoms with Gasteiger partial charge in [0, 0.05) is 26.2 Å². The molecule has 2 fully saturated rings. The Hall–Kier alpha value is -0.590. The number of rotatable bonds is 1. The number of piperazine rings is 1. The van der Waals surface area contributed by atoms with Crippen LogP contribution >= 0.6 is 0 Å². The molecule has 1 saturated carbocycles. The normalized spacial score (nSPS) is 39.5. The molecule has 90 valence electrons. The van der Waals surface area contributed by atoms with Crippen LogP contribution in [0.3, 0.4) is 0 Å². The molecule has 0 bridgehead atoms. The SMILES string of the molecule is CC1CC(C)(C)CC1(C#N)N1CCNCC1. The minimum atomic E-state index is -0.203. The molecule has 1 aliphatic carbocycles. The van der Waals surface area contributed by atoms with Crippen LogP contribution in [0.4, 0.5) is 0 Å². The van der Waals surface area contributed by atoms with Crippen molar-refractivity contribution in [2.24, 2.45) is 11.3 Å². The van der Waals surface area contributed by atoms with E-state index in [4.69, 9.17) is 0 Å². The van der Waals surface area contributed by atoms with E-state index in [0.29, 0.717) is 11.3 Å². The van der Waals surface area contributed by atoms with Crippen molar-refractivity contribution < 1.29 is 0 Å². The van der Waals surface area contributed by atoms with Crippen LogP contribution in [0, 0.1) is 22.7 Å². The van der Waals surface area contributed by atoms with Gasteiger partial charge in [0.1, 0.15) is 5.54 Å². The number of hydrogen-bond acceptors (Lipinski definition) is 3. The molecule has 0 aromatic heterocycles. The van der Waals surface area contributed by atoms with Crippen molar-refractivity contribution in [1.82, 2.24) is 10.2 Å². The molecule has 2 unspecified atom stereocenters. The highest BCUT2D eigenvalue weighted by atomic mass is 15.3. The van der Waals surface area contributed by atoms with Gasteiger partial charge in [0.15, 0.2) is 0 Å². The molecule has 0 aromatic rings. The van der Waals surface area contributed by atoms with Gasteiger partial charge in [0.05, 0.1) is 6.07 Å². The van der Waals surface area contributed by atoms with Gasteiger partial charge in [-0.1, -0.05) is 20.8 Å². The van der Waals surface area contributed by atoms with Crippen LogP contribution in [0.1, 0.15) is 33.6 Å². The molecule has 2 atom stereocenters. The predicted molar refractivity (Wildman–Crippen MR) is 65.0 cm³/mol. The van der Waals surface area contributed by atoms with Crippen molar-refractivity contribution in [1.29, 1.82) is 5.26 Å². The molecule has 3 heteroatoms. The number of nitrogens with zero attached hydrogens (tertiary/aromatic N) is 2. The summed E-state index contributed by atoms with van der Waals surface area (Å²) in [7, 11) is 0. The maximum absolute atomic E-state index is 9.66. The van der Waals surface area contributed by atoms with Crippen molar-refractivity contribution in [3.8, 4) is 6.07 Å². The lowest BCUT2D eigenvalue weighted by Gasteiger charge is -2.42. The van der Waals surface area contributed by atoms with Gasteiger partial charge < -0.3 is 5.32 Å². The molecule has 0 radical (unpaired) electrons. The molecule has 1 saturated heterocycles. The fraction of sp³-hybridized carbons (Fsp3) is 0.923. The van der Waals surface area contributed by atoms with Crippen molar-refractivity contribution in [3.05, 3.63) is 0 Å². The second-order valence-corrected chi connectivity index (χ2v) is 6.22. The molecule has 2 rings (SSSR count). The van der Waals surface area contributed by atoms with Gasteiger partial charge in [0.25, 0.3) is 0 Å². The molecule has 0 amide bonds. The van der Waals surface area contributed by atoms with Crippen LogP contribution < -0.4 is 5.32 Å². The minimum absolute atomic E-state index is 0.203. The molecule has 16 heavy (non-hydrogen) atoms. The molecule has 0 spiro atoms. The second-order valence-electron chi connectivity index (χ2n) is 6.22. The highest BCUT2D eigenvalue weighted by Crippen LogP contribution is 2.50. The molecular weight excluding hydrogens is 198 g/mol. The Morgan fingerprint density at radius 1 is 1.31 bits per heavy atom. The number of nitrogens with one attached hydrogen (secondary N) is 1. The van der Waals surface area contributed by atoms with Crippen LogP contribution in [0.25, 0.3) is 0 Å². The Morgan fingerprint density at radius 3 is 2.38 bits per heavy atom. The quantitative estimate of drug-likeness (QED) is 0.731. The van der Waals surface area contributed by atoms with E-state index < -0.39 is 0 Å². The summed E-state index contributed by atoms with van der Waals surface area (Å²) in [6.07, 6.45) is 2.20. The average Bonchev–Trinajstić information content (AvgIpc) is 2.50. The van der Waals surface area contributed by atoms with Crippen LogP contribution in [0.2, 0.25) is 0 Å². The van der Waals surface area contributed by atoms with Gasteiger partial charge in [0.2, 0.25) is 0 Å². The summed E-state index contributed by atoms with van der Waals surface area (Å²) in [6.45, 7) is 10.9. The molecular formula is C13H23N3. The standard InChI is InChI=1S/C13H23N3/c1-11-8-12(2,3)9-13(11,10-14)16-6-4-15-5-7-16/h11,15H,4-9H2,1-3H3. The summed E-state index contributed by atoms with van der Waals surface area (Å²) in [5.41, 5.74) is 0.117. The molecule has 2 aliphatic rings. The van der Waals surface area contributed by atoms with E-state index in [1.807, 2.05) is 0 Å². The zero-order valence-electron chi connectivity index (χ0n) is 10.7. The summed E-state index contributed by atoms with van der Waals surface area (Å²) in [6, 6.07) is 2.65. The minimum Gasteiger partial charge on any atom is -0.314 e. The average molecular weight is 221 g/mol. The third-order valence-corrected chi connectivity index (χ3v) is 4.30. The Morgan fingerprint density at radius 2 is 1.94 bits per heavy atom. The van der Waals surface area contributed by atoms with Gasteiger partial charge >= 0.3 is 0 Å². The van der Waals surface area contributed by atoms with Crippen LogP contribution in [-0.2, 0) is 0 Å². The van der Waals surface area contributed by atoms with Crippen molar-refractivity contribution in [3.63, 3.8) is 0 Å². The summed E-state index contributed by atoms with van der Waals surface area (Å²) >= 11 is 0. The first kappa shape index (κ1) is 11.9. The van der Waals surface area contributed by atoms with Gasteiger partial charge in [-0.15, -0.1) is 0 Å². The van der Waals surface area contributed by atoms with Crippen molar-refractivity contribution in [2.75, 3.05) is 26.2 Å². The summed E-state index contributed by atoms with van der Waals surface area (Å²) in [5, 5.41) is 13.0. The number of hydrogen-bond donors (Lipinski definition) is 1. The van der Waals surface area contributed by atoms with E-state index in [-0.39, 0.29) is 5.54 Å². The lowest BCUT2D eigenvalue weighted by Crippen LogP contribution is -2.57. The van der Waals surface area contributed by atoms with E-state index in [0.717, 1.165) is 32.6 Å². The predicted octanol–water partition coefficient (Wildman–Crippen LogP) is 1.61. The highest BCUT2D eigenvalue weighted by Gasteiger charge is 2.52. The van der Waals surface area contributed by atoms with E-state index >= 15 is 0 Å². The molecule has 1 heterocycles. The van der Waals surface area contributed by atoms with Crippen molar-refractivity contribution >= 4 is 0 Å². The van der Waals surface area contributed by atoms with Gasteiger partial charge in [-0.05, 0) is 24.2 Å². The van der Waals surface area contributed by atoms with E-state index in [1.54, 1.807) is 0 Å².